The normalized spacial score (nSPS) is 21.0. The van der Waals surface area contributed by atoms with Gasteiger partial charge >= 0.3 is 5.97 Å². The monoisotopic (exact) mass is 764 g/mol. The van der Waals surface area contributed by atoms with E-state index in [9.17, 15) is 24.6 Å². The molecule has 298 valence electrons. The number of dihydropyridines is 1. The number of hydrogen-bond donors (Lipinski definition) is 4. The molecule has 2 aliphatic heterocycles. The number of rotatable bonds is 9. The number of fused-ring (bicyclic) bond motifs is 3. The third-order valence-corrected chi connectivity index (χ3v) is 11.4. The molecular formula is C45H56N4O7. The number of aromatic nitrogens is 2. The minimum atomic E-state index is -0.561. The van der Waals surface area contributed by atoms with E-state index in [-0.39, 0.29) is 42.7 Å². The van der Waals surface area contributed by atoms with Crippen molar-refractivity contribution in [3.8, 4) is 11.5 Å². The van der Waals surface area contributed by atoms with Crippen molar-refractivity contribution >= 4 is 34.0 Å². The van der Waals surface area contributed by atoms with Crippen LogP contribution < -0.4 is 15.0 Å². The summed E-state index contributed by atoms with van der Waals surface area (Å²) in [5.41, 5.74) is 5.27. The Morgan fingerprint density at radius 2 is 1.80 bits per heavy atom. The second kappa shape index (κ2) is 18.6. The molecular weight excluding hydrogens is 709 g/mol. The molecule has 11 heteroatoms. The number of anilines is 1. The summed E-state index contributed by atoms with van der Waals surface area (Å²) in [6.45, 7) is 6.28. The van der Waals surface area contributed by atoms with E-state index in [1.165, 1.54) is 25.2 Å². The van der Waals surface area contributed by atoms with Crippen LogP contribution in [0.3, 0.4) is 0 Å². The van der Waals surface area contributed by atoms with Gasteiger partial charge in [0.15, 0.2) is 11.5 Å². The maximum Gasteiger partial charge on any atom is 0.302 e. The smallest absolute Gasteiger partial charge is 0.302 e. The van der Waals surface area contributed by atoms with Crippen molar-refractivity contribution in [1.29, 1.82) is 0 Å². The van der Waals surface area contributed by atoms with Crippen molar-refractivity contribution in [3.05, 3.63) is 101 Å². The van der Waals surface area contributed by atoms with E-state index in [1.54, 1.807) is 25.1 Å². The maximum absolute atomic E-state index is 14.1. The van der Waals surface area contributed by atoms with E-state index in [0.717, 1.165) is 59.1 Å². The number of carbonyl (C=O) groups excluding carboxylic acids is 3. The van der Waals surface area contributed by atoms with Gasteiger partial charge in [0.05, 0.1) is 18.8 Å². The molecule has 0 saturated carbocycles. The lowest BCUT2D eigenvalue weighted by molar-refractivity contribution is -0.148. The first-order chi connectivity index (χ1) is 27.1. The topological polar surface area (TPSA) is 146 Å². The predicted octanol–water partition coefficient (Wildman–Crippen LogP) is 7.31. The van der Waals surface area contributed by atoms with Gasteiger partial charge in [0.25, 0.3) is 0 Å². The number of aliphatic hydroxyl groups is 1. The number of aliphatic hydroxyl groups excluding tert-OH is 1. The highest BCUT2D eigenvalue weighted by molar-refractivity contribution is 5.95. The number of hydrogen-bond acceptors (Lipinski definition) is 9. The molecule has 4 aromatic rings. The van der Waals surface area contributed by atoms with E-state index >= 15 is 0 Å². The summed E-state index contributed by atoms with van der Waals surface area (Å²) in [6, 6.07) is 10.8. The molecule has 0 aliphatic carbocycles. The number of nitrogens with one attached hydrogen (secondary N) is 2. The lowest BCUT2D eigenvalue weighted by Gasteiger charge is -2.32. The average molecular weight is 765 g/mol. The molecule has 0 amide bonds. The van der Waals surface area contributed by atoms with Crippen LogP contribution in [0.1, 0.15) is 88.4 Å². The Labute approximate surface area is 329 Å². The minimum Gasteiger partial charge on any atom is -0.504 e. The second-order valence-corrected chi connectivity index (χ2v) is 15.3. The maximum atomic E-state index is 14.1. The van der Waals surface area contributed by atoms with Crippen LogP contribution in [0.5, 0.6) is 11.5 Å². The van der Waals surface area contributed by atoms with Gasteiger partial charge in [-0.05, 0) is 97.4 Å². The number of carbonyl (C=O) groups is 3. The standard InChI is InChI=1S/C45H56N4O7/c1-5-31-9-11-39(56-30(3)52)23-38(53)24-42(34-10-12-43(54)44(21-34)55-4)48-27-35-7-6-8-41(40(35)28-48)49(17-14-29(2)51)45-22-32(13-16-47-45)33(15-18-50)20-37-26-46-25-36(37)19-31/h6-8,10,12-13,21-22,25-28,31,33,39,42,46-47,50,54H,5,9,11,14-20,23-24H2,1-4H3. The zero-order valence-electron chi connectivity index (χ0n) is 33.1. The summed E-state index contributed by atoms with van der Waals surface area (Å²) < 4.78 is 13.3. The highest BCUT2D eigenvalue weighted by Crippen LogP contribution is 2.37. The van der Waals surface area contributed by atoms with E-state index in [1.807, 2.05) is 29.1 Å². The van der Waals surface area contributed by atoms with Gasteiger partial charge in [0, 0.05) is 81.4 Å². The first kappa shape index (κ1) is 40.4. The zero-order valence-corrected chi connectivity index (χ0v) is 33.1. The number of benzene rings is 2. The molecule has 2 aliphatic rings. The molecule has 0 spiro atoms. The van der Waals surface area contributed by atoms with Crippen molar-refractivity contribution in [2.45, 2.75) is 90.7 Å². The Balaban J connectivity index is 1.49. The first-order valence-corrected chi connectivity index (χ1v) is 19.9. The van der Waals surface area contributed by atoms with Gasteiger partial charge in [0.1, 0.15) is 23.5 Å². The Bertz CT molecular complexity index is 2080. The molecule has 2 aromatic heterocycles. The number of H-pyrrole nitrogens is 1. The van der Waals surface area contributed by atoms with Crippen LogP contribution in [0.2, 0.25) is 0 Å². The van der Waals surface area contributed by atoms with E-state index in [4.69, 9.17) is 9.47 Å². The number of nitrogens with zero attached hydrogens (tertiary/aromatic N) is 2. The van der Waals surface area contributed by atoms with Crippen molar-refractivity contribution in [2.24, 2.45) is 11.8 Å². The summed E-state index contributed by atoms with van der Waals surface area (Å²) in [5.74, 6) is 1.18. The van der Waals surface area contributed by atoms with Gasteiger partial charge in [0.2, 0.25) is 0 Å². The van der Waals surface area contributed by atoms with Crippen molar-refractivity contribution in [1.82, 2.24) is 14.9 Å². The molecule has 56 heavy (non-hydrogen) atoms. The largest absolute Gasteiger partial charge is 0.504 e. The lowest BCUT2D eigenvalue weighted by atomic mass is 9.85. The van der Waals surface area contributed by atoms with Crippen LogP contribution in [0.4, 0.5) is 5.69 Å². The van der Waals surface area contributed by atoms with Gasteiger partial charge in [-0.25, -0.2) is 0 Å². The third-order valence-electron chi connectivity index (χ3n) is 11.4. The zero-order chi connectivity index (χ0) is 39.8. The summed E-state index contributed by atoms with van der Waals surface area (Å²) in [7, 11) is 1.50. The fraction of sp³-hybridized carbons (Fsp3) is 0.444. The molecule has 0 fully saturated rings. The molecule has 4 bridgehead atoms. The second-order valence-electron chi connectivity index (χ2n) is 15.3. The lowest BCUT2D eigenvalue weighted by Crippen LogP contribution is -2.36. The summed E-state index contributed by atoms with van der Waals surface area (Å²) in [6.07, 6.45) is 17.0. The third kappa shape index (κ3) is 9.74. The van der Waals surface area contributed by atoms with Gasteiger partial charge in [-0.2, -0.15) is 0 Å². The average Bonchev–Trinajstić information content (AvgIpc) is 3.82. The molecule has 2 aromatic carbocycles. The molecule has 4 atom stereocenters. The van der Waals surface area contributed by atoms with Crippen molar-refractivity contribution in [2.75, 3.05) is 31.7 Å². The summed E-state index contributed by atoms with van der Waals surface area (Å²) in [5, 5.41) is 26.2. The minimum absolute atomic E-state index is 0.00131. The summed E-state index contributed by atoms with van der Waals surface area (Å²) in [4.78, 5) is 44.4. The molecule has 0 saturated heterocycles. The van der Waals surface area contributed by atoms with Crippen LogP contribution in [-0.4, -0.2) is 70.2 Å². The predicted molar refractivity (Wildman–Crippen MR) is 218 cm³/mol. The number of ketones is 2. The number of aromatic hydroxyl groups is 1. The fourth-order valence-electron chi connectivity index (χ4n) is 8.31. The van der Waals surface area contributed by atoms with Crippen LogP contribution in [-0.2, 0) is 32.0 Å². The van der Waals surface area contributed by atoms with Crippen LogP contribution in [0, 0.1) is 11.8 Å². The SMILES string of the molecule is CCC1CCC(OC(C)=O)CC(=O)CC(c2ccc(O)c(OC)c2)n2cc3cccc(c3c2)N(CCC(C)=O)C2=CC(=CCN2)C(CCO)Cc2c[nH]cc2C1. The molecule has 4 unspecified atom stereocenters. The highest BCUT2D eigenvalue weighted by atomic mass is 16.5. The van der Waals surface area contributed by atoms with Crippen molar-refractivity contribution in [3.63, 3.8) is 0 Å². The van der Waals surface area contributed by atoms with E-state index in [2.05, 4.69) is 52.7 Å². The number of methoxy groups -OCH3 is 1. The quantitative estimate of drug-likeness (QED) is 0.129. The fourth-order valence-corrected chi connectivity index (χ4v) is 8.31. The number of phenolic OH excluding ortho intramolecular Hbond substituents is 1. The van der Waals surface area contributed by atoms with Gasteiger partial charge in [-0.1, -0.05) is 37.6 Å². The number of ether oxygens (including phenoxy) is 2. The Morgan fingerprint density at radius 1 is 1.00 bits per heavy atom. The molecule has 11 nitrogen and oxygen atoms in total. The Kier molecular flexibility index (Phi) is 13.4. The van der Waals surface area contributed by atoms with E-state index < -0.39 is 18.1 Å². The van der Waals surface area contributed by atoms with Crippen LogP contribution in [0.15, 0.2) is 84.7 Å². The molecule has 0 radical (unpaired) electrons. The van der Waals surface area contributed by atoms with E-state index in [0.29, 0.717) is 44.0 Å². The first-order valence-electron chi connectivity index (χ1n) is 19.9. The Hall–Kier alpha value is -5.29. The number of Topliss-reactive ketones (excluding diaryl/α,β-unsaturated/α-hetero) is 2. The van der Waals surface area contributed by atoms with Gasteiger partial charge in [-0.15, -0.1) is 0 Å². The Morgan fingerprint density at radius 3 is 2.54 bits per heavy atom. The number of phenols is 1. The highest BCUT2D eigenvalue weighted by Gasteiger charge is 2.27. The molecule has 4 N–H and O–H groups in total. The summed E-state index contributed by atoms with van der Waals surface area (Å²) >= 11 is 0. The number of esters is 1. The number of aromatic amines is 1. The van der Waals surface area contributed by atoms with Gasteiger partial charge < -0.3 is 39.5 Å². The molecule has 4 heterocycles. The van der Waals surface area contributed by atoms with Gasteiger partial charge in [-0.3, -0.25) is 14.4 Å². The van der Waals surface area contributed by atoms with Crippen LogP contribution in [0.25, 0.3) is 10.8 Å². The molecule has 6 rings (SSSR count). The van der Waals surface area contributed by atoms with Crippen molar-refractivity contribution < 1.29 is 34.1 Å². The number of allylic oxidation sites excluding steroid dienone is 2. The van der Waals surface area contributed by atoms with Crippen LogP contribution >= 0.6 is 0 Å².